The molecule has 0 radical (unpaired) electrons. The molecule has 4 nitrogen and oxygen atoms in total. The number of aldehydes is 2. The van der Waals surface area contributed by atoms with Crippen molar-refractivity contribution in [2.45, 2.75) is 0 Å². The Morgan fingerprint density at radius 2 is 1.00 bits per heavy atom. The first-order chi connectivity index (χ1) is 8.69. The summed E-state index contributed by atoms with van der Waals surface area (Å²) in [5, 5.41) is 17.8. The van der Waals surface area contributed by atoms with Crippen LogP contribution in [0, 0.1) is 0 Å². The maximum absolute atomic E-state index is 10.1. The second-order valence-electron chi connectivity index (χ2n) is 3.35. The minimum atomic E-state index is 0. The Kier molecular flexibility index (Phi) is 7.93. The topological polar surface area (TPSA) is 74.6 Å². The molecule has 2 rings (SSSR count). The van der Waals surface area contributed by atoms with Crippen LogP contribution in [0.25, 0.3) is 0 Å². The molecule has 0 atom stereocenters. The summed E-state index contributed by atoms with van der Waals surface area (Å²) in [5.74, 6) is 0.0694. The molecule has 0 aliphatic heterocycles. The van der Waals surface area contributed by atoms with E-state index >= 15 is 0 Å². The van der Waals surface area contributed by atoms with Gasteiger partial charge in [0.15, 0.2) is 12.6 Å². The monoisotopic (exact) mass is 300 g/mol. The molecule has 2 aromatic rings. The molecule has 0 aliphatic rings. The first-order valence-corrected chi connectivity index (χ1v) is 5.15. The number of carbonyl (C=O) groups excluding carboxylic acids is 2. The van der Waals surface area contributed by atoms with Gasteiger partial charge >= 0.3 is 0 Å². The fourth-order valence-corrected chi connectivity index (χ4v) is 1.17. The average molecular weight is 300 g/mol. The zero-order chi connectivity index (χ0) is 13.4. The van der Waals surface area contributed by atoms with E-state index < -0.39 is 0 Å². The van der Waals surface area contributed by atoms with Crippen molar-refractivity contribution < 1.29 is 36.9 Å². The van der Waals surface area contributed by atoms with Gasteiger partial charge in [-0.15, -0.1) is 0 Å². The van der Waals surface area contributed by atoms with Gasteiger partial charge in [-0.1, -0.05) is 24.3 Å². The summed E-state index contributed by atoms with van der Waals surface area (Å²) in [5.41, 5.74) is 0.662. The molecule has 0 spiro atoms. The molecule has 2 N–H and O–H groups in total. The Bertz CT molecular complexity index is 491. The van der Waals surface area contributed by atoms with Crippen LogP contribution in [-0.4, -0.2) is 22.8 Å². The van der Waals surface area contributed by atoms with Crippen molar-refractivity contribution in [3.63, 3.8) is 0 Å². The quantitative estimate of drug-likeness (QED) is 0.659. The Balaban J connectivity index is 0.000000324. The van der Waals surface area contributed by atoms with Crippen molar-refractivity contribution in [3.05, 3.63) is 59.7 Å². The van der Waals surface area contributed by atoms with Gasteiger partial charge in [0, 0.05) is 17.1 Å². The summed E-state index contributed by atoms with van der Waals surface area (Å²) in [6, 6.07) is 12.8. The fraction of sp³-hybridized carbons (Fsp3) is 0. The van der Waals surface area contributed by atoms with Crippen molar-refractivity contribution in [1.29, 1.82) is 0 Å². The summed E-state index contributed by atoms with van der Waals surface area (Å²) >= 11 is 0. The molecule has 5 heteroatoms. The second kappa shape index (κ2) is 8.91. The van der Waals surface area contributed by atoms with Crippen LogP contribution in [0.15, 0.2) is 48.5 Å². The summed E-state index contributed by atoms with van der Waals surface area (Å²) in [6.07, 6.45) is 1.24. The second-order valence-corrected chi connectivity index (χ2v) is 3.35. The molecule has 0 aromatic heterocycles. The van der Waals surface area contributed by atoms with E-state index in [2.05, 4.69) is 0 Å². The van der Waals surface area contributed by atoms with E-state index in [0.29, 0.717) is 23.7 Å². The molecule has 19 heavy (non-hydrogen) atoms. The standard InChI is InChI=1S/2C7H6O2.Fe/c2*8-5-6-3-1-2-4-7(6)9;/h2*1-5,9H;. The molecular weight excluding hydrogens is 288 g/mol. The smallest absolute Gasteiger partial charge is 0.153 e. The van der Waals surface area contributed by atoms with Crippen molar-refractivity contribution >= 4 is 12.6 Å². The first kappa shape index (κ1) is 16.9. The molecule has 2 aromatic carbocycles. The number of rotatable bonds is 2. The number of hydrogen-bond acceptors (Lipinski definition) is 4. The number of phenols is 2. The molecule has 0 unspecified atom stereocenters. The largest absolute Gasteiger partial charge is 0.507 e. The van der Waals surface area contributed by atoms with Crippen LogP contribution < -0.4 is 0 Å². The Morgan fingerprint density at radius 3 is 1.21 bits per heavy atom. The molecule has 0 aliphatic carbocycles. The predicted octanol–water partition coefficient (Wildman–Crippen LogP) is 2.41. The molecule has 100 valence electrons. The van der Waals surface area contributed by atoms with Gasteiger partial charge in [-0.25, -0.2) is 0 Å². The van der Waals surface area contributed by atoms with Crippen molar-refractivity contribution in [3.8, 4) is 11.5 Å². The third kappa shape index (κ3) is 5.38. The Morgan fingerprint density at radius 1 is 0.684 bits per heavy atom. The van der Waals surface area contributed by atoms with Crippen LogP contribution in [0.3, 0.4) is 0 Å². The maximum atomic E-state index is 10.1. The number of aromatic hydroxyl groups is 2. The Labute approximate surface area is 121 Å². The third-order valence-corrected chi connectivity index (χ3v) is 2.13. The van der Waals surface area contributed by atoms with Crippen LogP contribution in [-0.2, 0) is 17.1 Å². The van der Waals surface area contributed by atoms with Crippen LogP contribution in [0.5, 0.6) is 11.5 Å². The van der Waals surface area contributed by atoms with Crippen LogP contribution in [0.1, 0.15) is 20.7 Å². The zero-order valence-corrected chi connectivity index (χ0v) is 10.9. The van der Waals surface area contributed by atoms with E-state index in [9.17, 15) is 9.59 Å². The fourth-order valence-electron chi connectivity index (χ4n) is 1.17. The van der Waals surface area contributed by atoms with Crippen molar-refractivity contribution in [2.24, 2.45) is 0 Å². The van der Waals surface area contributed by atoms with Gasteiger partial charge in [0.05, 0.1) is 11.1 Å². The van der Waals surface area contributed by atoms with Crippen LogP contribution in [0.4, 0.5) is 0 Å². The molecule has 0 amide bonds. The summed E-state index contributed by atoms with van der Waals surface area (Å²) in [6.45, 7) is 0. The maximum Gasteiger partial charge on any atom is 0.153 e. The molecule has 0 saturated carbocycles. The van der Waals surface area contributed by atoms with Gasteiger partial charge in [0.2, 0.25) is 0 Å². The van der Waals surface area contributed by atoms with Crippen LogP contribution >= 0.6 is 0 Å². The molecule has 0 heterocycles. The van der Waals surface area contributed by atoms with E-state index in [-0.39, 0.29) is 28.6 Å². The van der Waals surface area contributed by atoms with E-state index in [4.69, 9.17) is 10.2 Å². The first-order valence-electron chi connectivity index (χ1n) is 5.15. The predicted molar refractivity (Wildman–Crippen MR) is 67.0 cm³/mol. The number of benzene rings is 2. The van der Waals surface area contributed by atoms with E-state index in [1.54, 1.807) is 36.4 Å². The van der Waals surface area contributed by atoms with Gasteiger partial charge in [-0.3, -0.25) is 9.59 Å². The van der Waals surface area contributed by atoms with Gasteiger partial charge < -0.3 is 10.2 Å². The molecule has 0 bridgehead atoms. The van der Waals surface area contributed by atoms with Gasteiger partial charge in [-0.05, 0) is 24.3 Å². The van der Waals surface area contributed by atoms with Crippen LogP contribution in [0.2, 0.25) is 0 Å². The molecular formula is C14H12FeO4. The summed E-state index contributed by atoms with van der Waals surface area (Å²) in [7, 11) is 0. The minimum absolute atomic E-state index is 0. The number of para-hydroxylation sites is 2. The number of phenolic OH excluding ortho intramolecular Hbond substituents is 2. The van der Waals surface area contributed by atoms with Crippen molar-refractivity contribution in [1.82, 2.24) is 0 Å². The number of hydrogen-bond donors (Lipinski definition) is 2. The molecule has 0 fully saturated rings. The van der Waals surface area contributed by atoms with E-state index in [1.165, 1.54) is 12.1 Å². The van der Waals surface area contributed by atoms with Gasteiger partial charge in [0.25, 0.3) is 0 Å². The van der Waals surface area contributed by atoms with Gasteiger partial charge in [0.1, 0.15) is 11.5 Å². The Hall–Kier alpha value is -2.10. The van der Waals surface area contributed by atoms with E-state index in [1.807, 2.05) is 0 Å². The van der Waals surface area contributed by atoms with E-state index in [0.717, 1.165) is 0 Å². The molecule has 0 saturated heterocycles. The normalized spacial score (nSPS) is 8.42. The number of carbonyl (C=O) groups is 2. The zero-order valence-electron chi connectivity index (χ0n) is 9.84. The average Bonchev–Trinajstić information content (AvgIpc) is 2.41. The minimum Gasteiger partial charge on any atom is -0.507 e. The SMILES string of the molecule is O=Cc1ccccc1O.O=Cc1ccccc1O.[Fe]. The summed E-state index contributed by atoms with van der Waals surface area (Å²) in [4.78, 5) is 20.1. The van der Waals surface area contributed by atoms with Crippen molar-refractivity contribution in [2.75, 3.05) is 0 Å². The summed E-state index contributed by atoms with van der Waals surface area (Å²) < 4.78 is 0. The van der Waals surface area contributed by atoms with Gasteiger partial charge in [-0.2, -0.15) is 0 Å². The third-order valence-electron chi connectivity index (χ3n) is 2.13.